The molecule has 1 saturated heterocycles. The second-order valence-corrected chi connectivity index (χ2v) is 5.45. The molecule has 1 heterocycles. The number of nitrogens with zero attached hydrogens (tertiary/aromatic N) is 1. The smallest absolute Gasteiger partial charge is 0.135 e. The lowest BCUT2D eigenvalue weighted by Gasteiger charge is -2.37. The number of hydrogen-bond acceptors (Lipinski definition) is 2. The van der Waals surface area contributed by atoms with Gasteiger partial charge in [-0.15, -0.1) is 0 Å². The first kappa shape index (κ1) is 13.3. The molecule has 1 aliphatic heterocycles. The number of carbonyl (C=O) groups is 1. The summed E-state index contributed by atoms with van der Waals surface area (Å²) in [7, 11) is 0. The van der Waals surface area contributed by atoms with E-state index in [0.717, 1.165) is 25.8 Å². The third-order valence-electron chi connectivity index (χ3n) is 4.00. The van der Waals surface area contributed by atoms with Gasteiger partial charge in [0.2, 0.25) is 0 Å². The molecule has 0 amide bonds. The maximum atomic E-state index is 11.4. The number of carbonyl (C=O) groups excluding carboxylic acids is 1. The summed E-state index contributed by atoms with van der Waals surface area (Å²) >= 11 is 0. The van der Waals surface area contributed by atoms with Crippen molar-refractivity contribution < 1.29 is 4.79 Å². The minimum absolute atomic E-state index is 0.414. The molecule has 1 aromatic carbocycles. The van der Waals surface area contributed by atoms with Crippen molar-refractivity contribution in [2.45, 2.75) is 51.6 Å². The number of hydrogen-bond donors (Lipinski definition) is 0. The molecule has 98 valence electrons. The highest BCUT2D eigenvalue weighted by molar-refractivity contribution is 5.79. The fraction of sp³-hybridized carbons (Fsp3) is 0.562. The van der Waals surface area contributed by atoms with E-state index in [1.165, 1.54) is 12.0 Å². The average Bonchev–Trinajstić information content (AvgIpc) is 2.37. The lowest BCUT2D eigenvalue weighted by molar-refractivity contribution is -0.123. The van der Waals surface area contributed by atoms with Gasteiger partial charge in [-0.1, -0.05) is 30.3 Å². The van der Waals surface area contributed by atoms with Gasteiger partial charge in [-0.25, -0.2) is 0 Å². The van der Waals surface area contributed by atoms with E-state index in [1.54, 1.807) is 0 Å². The van der Waals surface area contributed by atoms with Gasteiger partial charge in [0.05, 0.1) is 0 Å². The Bertz CT molecular complexity index is 387. The number of ketones is 1. The summed E-state index contributed by atoms with van der Waals surface area (Å²) in [4.78, 5) is 13.9. The second kappa shape index (κ2) is 6.14. The molecule has 1 aromatic rings. The van der Waals surface area contributed by atoms with Gasteiger partial charge >= 0.3 is 0 Å². The highest BCUT2D eigenvalue weighted by atomic mass is 16.1. The maximum absolute atomic E-state index is 11.4. The lowest BCUT2D eigenvalue weighted by Crippen LogP contribution is -2.46. The summed E-state index contributed by atoms with van der Waals surface area (Å²) in [5.41, 5.74) is 1.41. The van der Waals surface area contributed by atoms with E-state index in [4.69, 9.17) is 0 Å². The van der Waals surface area contributed by atoms with Gasteiger partial charge in [0.25, 0.3) is 0 Å². The number of aryl methyl sites for hydroxylation is 1. The Morgan fingerprint density at radius 3 is 2.72 bits per heavy atom. The van der Waals surface area contributed by atoms with Crippen molar-refractivity contribution in [3.8, 4) is 0 Å². The number of Topliss-reactive ketones (excluding diaryl/α,β-unsaturated/α-hetero) is 1. The van der Waals surface area contributed by atoms with Crippen molar-refractivity contribution in [2.24, 2.45) is 0 Å². The summed E-state index contributed by atoms with van der Waals surface area (Å²) in [5.74, 6) is 0.425. The van der Waals surface area contributed by atoms with Crippen LogP contribution in [0.25, 0.3) is 0 Å². The molecule has 1 fully saturated rings. The number of benzene rings is 1. The number of piperidine rings is 1. The summed E-state index contributed by atoms with van der Waals surface area (Å²) < 4.78 is 0. The molecule has 0 N–H and O–H groups in total. The predicted octanol–water partition coefficient (Wildman–Crippen LogP) is 3.06. The molecule has 2 rings (SSSR count). The van der Waals surface area contributed by atoms with Gasteiger partial charge in [0, 0.05) is 31.5 Å². The molecular weight excluding hydrogens is 222 g/mol. The van der Waals surface area contributed by atoms with Gasteiger partial charge in [-0.05, 0) is 32.3 Å². The zero-order chi connectivity index (χ0) is 13.0. The van der Waals surface area contributed by atoms with Crippen LogP contribution in [0.3, 0.4) is 0 Å². The minimum atomic E-state index is 0.414. The van der Waals surface area contributed by atoms with Crippen molar-refractivity contribution in [3.05, 3.63) is 35.9 Å². The van der Waals surface area contributed by atoms with Crippen molar-refractivity contribution in [3.63, 3.8) is 0 Å². The highest BCUT2D eigenvalue weighted by Crippen LogP contribution is 2.19. The molecule has 0 saturated carbocycles. The molecule has 0 aromatic heterocycles. The van der Waals surface area contributed by atoms with Crippen LogP contribution in [-0.4, -0.2) is 29.3 Å². The van der Waals surface area contributed by atoms with E-state index in [-0.39, 0.29) is 0 Å². The average molecular weight is 245 g/mol. The Kier molecular flexibility index (Phi) is 4.54. The Hall–Kier alpha value is -1.15. The normalized spacial score (nSPS) is 23.0. The quantitative estimate of drug-likeness (QED) is 0.812. The first-order chi connectivity index (χ1) is 8.66. The lowest BCUT2D eigenvalue weighted by atomic mass is 9.97. The first-order valence-electron chi connectivity index (χ1n) is 6.98. The van der Waals surface area contributed by atoms with Crippen LogP contribution in [0.15, 0.2) is 30.3 Å². The van der Waals surface area contributed by atoms with Crippen molar-refractivity contribution in [2.75, 3.05) is 6.54 Å². The first-order valence-corrected chi connectivity index (χ1v) is 6.98. The molecule has 2 nitrogen and oxygen atoms in total. The number of rotatable bonds is 4. The number of likely N-dealkylation sites (tertiary alicyclic amines) is 1. The molecule has 18 heavy (non-hydrogen) atoms. The van der Waals surface area contributed by atoms with E-state index < -0.39 is 0 Å². The van der Waals surface area contributed by atoms with Crippen LogP contribution in [0.1, 0.15) is 38.7 Å². The van der Waals surface area contributed by atoms with Crippen LogP contribution in [0.4, 0.5) is 0 Å². The molecule has 2 heteroatoms. The SMILES string of the molecule is CC(CCc1ccccc1)N1CCC(=O)CC1C. The standard InChI is InChI=1S/C16H23NO/c1-13(8-9-15-6-4-3-5-7-15)17-11-10-16(18)12-14(17)2/h3-7,13-14H,8-12H2,1-2H3. The summed E-state index contributed by atoms with van der Waals surface area (Å²) in [6.45, 7) is 5.40. The molecule has 0 aliphatic carbocycles. The predicted molar refractivity (Wildman–Crippen MR) is 74.6 cm³/mol. The highest BCUT2D eigenvalue weighted by Gasteiger charge is 2.26. The maximum Gasteiger partial charge on any atom is 0.135 e. The zero-order valence-electron chi connectivity index (χ0n) is 11.4. The van der Waals surface area contributed by atoms with Crippen molar-refractivity contribution in [1.82, 2.24) is 4.90 Å². The second-order valence-electron chi connectivity index (χ2n) is 5.45. The fourth-order valence-corrected chi connectivity index (χ4v) is 2.86. The molecule has 1 aliphatic rings. The Morgan fingerprint density at radius 2 is 2.06 bits per heavy atom. The van der Waals surface area contributed by atoms with Gasteiger partial charge in [0.1, 0.15) is 5.78 Å². The molecule has 2 atom stereocenters. The molecule has 0 spiro atoms. The Balaban J connectivity index is 1.84. The van der Waals surface area contributed by atoms with E-state index in [1.807, 2.05) is 0 Å². The van der Waals surface area contributed by atoms with E-state index in [9.17, 15) is 4.79 Å². The van der Waals surface area contributed by atoms with Crippen molar-refractivity contribution in [1.29, 1.82) is 0 Å². The van der Waals surface area contributed by atoms with Crippen LogP contribution in [0.5, 0.6) is 0 Å². The topological polar surface area (TPSA) is 20.3 Å². The van der Waals surface area contributed by atoms with Crippen LogP contribution in [-0.2, 0) is 11.2 Å². The monoisotopic (exact) mass is 245 g/mol. The molecule has 0 bridgehead atoms. The summed E-state index contributed by atoms with van der Waals surface area (Å²) in [6.07, 6.45) is 3.76. The van der Waals surface area contributed by atoms with Gasteiger partial charge in [-0.2, -0.15) is 0 Å². The molecular formula is C16H23NO. The van der Waals surface area contributed by atoms with Gasteiger partial charge in [0.15, 0.2) is 0 Å². The van der Waals surface area contributed by atoms with E-state index >= 15 is 0 Å². The van der Waals surface area contributed by atoms with Crippen LogP contribution in [0.2, 0.25) is 0 Å². The third kappa shape index (κ3) is 3.42. The third-order valence-corrected chi connectivity index (χ3v) is 4.00. The van der Waals surface area contributed by atoms with E-state index in [0.29, 0.717) is 17.9 Å². The summed E-state index contributed by atoms with van der Waals surface area (Å²) in [6, 6.07) is 11.6. The minimum Gasteiger partial charge on any atom is -0.300 e. The van der Waals surface area contributed by atoms with Crippen LogP contribution < -0.4 is 0 Å². The van der Waals surface area contributed by atoms with E-state index in [2.05, 4.69) is 49.1 Å². The van der Waals surface area contributed by atoms with Crippen LogP contribution in [0, 0.1) is 0 Å². The molecule has 0 radical (unpaired) electrons. The molecule has 2 unspecified atom stereocenters. The largest absolute Gasteiger partial charge is 0.300 e. The van der Waals surface area contributed by atoms with Gasteiger partial charge < -0.3 is 0 Å². The van der Waals surface area contributed by atoms with Crippen LogP contribution >= 0.6 is 0 Å². The zero-order valence-corrected chi connectivity index (χ0v) is 11.4. The summed E-state index contributed by atoms with van der Waals surface area (Å²) in [5, 5.41) is 0. The van der Waals surface area contributed by atoms with Crippen molar-refractivity contribution >= 4 is 5.78 Å². The Labute approximate surface area is 110 Å². The Morgan fingerprint density at radius 1 is 1.33 bits per heavy atom. The fourth-order valence-electron chi connectivity index (χ4n) is 2.86. The van der Waals surface area contributed by atoms with Gasteiger partial charge in [-0.3, -0.25) is 9.69 Å².